The van der Waals surface area contributed by atoms with Crippen LogP contribution in [0.5, 0.6) is 0 Å². The van der Waals surface area contributed by atoms with E-state index in [-0.39, 0.29) is 23.2 Å². The van der Waals surface area contributed by atoms with Crippen LogP contribution in [0.4, 0.5) is 0 Å². The lowest BCUT2D eigenvalue weighted by Crippen LogP contribution is -2.52. The van der Waals surface area contributed by atoms with Gasteiger partial charge in [-0.2, -0.15) is 0 Å². The first-order chi connectivity index (χ1) is 7.20. The second kappa shape index (κ2) is 4.74. The average Bonchev–Trinajstić information content (AvgIpc) is 1.96. The molecule has 3 nitrogen and oxygen atoms in total. The van der Waals surface area contributed by atoms with Crippen molar-refractivity contribution in [1.29, 1.82) is 0 Å². The molecule has 0 amide bonds. The number of nitrogens with one attached hydrogen (secondary N) is 1. The molecule has 0 bridgehead atoms. The summed E-state index contributed by atoms with van der Waals surface area (Å²) < 4.78 is 5.30. The zero-order valence-corrected chi connectivity index (χ0v) is 11.2. The zero-order valence-electron chi connectivity index (χ0n) is 11.2. The number of carbonyl (C=O) groups is 1. The van der Waals surface area contributed by atoms with Gasteiger partial charge in [0.25, 0.3) is 0 Å². The van der Waals surface area contributed by atoms with E-state index in [9.17, 15) is 4.79 Å². The molecule has 1 fully saturated rings. The molecule has 1 saturated carbocycles. The minimum absolute atomic E-state index is 0.115. The fraction of sp³-hybridized carbons (Fsp3) is 0.923. The van der Waals surface area contributed by atoms with Crippen molar-refractivity contribution in [2.75, 3.05) is 0 Å². The summed E-state index contributed by atoms with van der Waals surface area (Å²) in [5.41, 5.74) is -0.126. The Morgan fingerprint density at radius 3 is 2.38 bits per heavy atom. The van der Waals surface area contributed by atoms with Gasteiger partial charge in [-0.15, -0.1) is 0 Å². The Balaban J connectivity index is 2.28. The van der Waals surface area contributed by atoms with Crippen molar-refractivity contribution < 1.29 is 9.53 Å². The van der Waals surface area contributed by atoms with Gasteiger partial charge in [-0.25, -0.2) is 0 Å². The minimum atomic E-state index is -0.378. The lowest BCUT2D eigenvalue weighted by molar-refractivity contribution is -0.155. The van der Waals surface area contributed by atoms with Crippen LogP contribution in [-0.2, 0) is 9.53 Å². The summed E-state index contributed by atoms with van der Waals surface area (Å²) in [4.78, 5) is 11.6. The fourth-order valence-electron chi connectivity index (χ4n) is 2.13. The molecule has 1 aliphatic rings. The van der Waals surface area contributed by atoms with Crippen molar-refractivity contribution >= 4 is 5.97 Å². The van der Waals surface area contributed by atoms with Crippen LogP contribution in [0.25, 0.3) is 0 Å². The van der Waals surface area contributed by atoms with Crippen molar-refractivity contribution in [3.63, 3.8) is 0 Å². The maximum atomic E-state index is 11.6. The van der Waals surface area contributed by atoms with Crippen molar-refractivity contribution in [1.82, 2.24) is 5.32 Å². The third-order valence-electron chi connectivity index (χ3n) is 2.94. The van der Waals surface area contributed by atoms with E-state index < -0.39 is 0 Å². The maximum Gasteiger partial charge on any atom is 0.307 e. The average molecular weight is 227 g/mol. The molecule has 1 N–H and O–H groups in total. The SMILES string of the molecule is CC(CC(=O)OC(C)(C)C)NC1(C)CCC1. The summed E-state index contributed by atoms with van der Waals surface area (Å²) in [6.45, 7) is 9.97. The fourth-order valence-corrected chi connectivity index (χ4v) is 2.13. The summed E-state index contributed by atoms with van der Waals surface area (Å²) >= 11 is 0. The maximum absolute atomic E-state index is 11.6. The Morgan fingerprint density at radius 2 is 2.00 bits per heavy atom. The van der Waals surface area contributed by atoms with Gasteiger partial charge in [0.05, 0.1) is 6.42 Å². The molecular weight excluding hydrogens is 202 g/mol. The van der Waals surface area contributed by atoms with E-state index in [1.54, 1.807) is 0 Å². The normalized spacial score (nSPS) is 21.1. The molecule has 0 aromatic carbocycles. The predicted molar refractivity (Wildman–Crippen MR) is 65.3 cm³/mol. The number of hydrogen-bond acceptors (Lipinski definition) is 3. The molecule has 1 unspecified atom stereocenters. The summed E-state index contributed by atoms with van der Waals surface area (Å²) in [5.74, 6) is -0.115. The van der Waals surface area contributed by atoms with E-state index in [1.807, 2.05) is 27.7 Å². The Kier molecular flexibility index (Phi) is 4.00. The van der Waals surface area contributed by atoms with Crippen LogP contribution in [0, 0.1) is 0 Å². The first-order valence-corrected chi connectivity index (χ1v) is 6.20. The van der Waals surface area contributed by atoms with Gasteiger partial charge in [-0.1, -0.05) is 0 Å². The van der Waals surface area contributed by atoms with E-state index >= 15 is 0 Å². The monoisotopic (exact) mass is 227 g/mol. The summed E-state index contributed by atoms with van der Waals surface area (Å²) in [7, 11) is 0. The van der Waals surface area contributed by atoms with Crippen molar-refractivity contribution in [2.45, 2.75) is 77.5 Å². The van der Waals surface area contributed by atoms with Gasteiger partial charge < -0.3 is 10.1 Å². The molecule has 0 aromatic heterocycles. The minimum Gasteiger partial charge on any atom is -0.460 e. The summed E-state index contributed by atoms with van der Waals surface area (Å²) in [5, 5.41) is 3.51. The van der Waals surface area contributed by atoms with Crippen molar-refractivity contribution in [3.05, 3.63) is 0 Å². The highest BCUT2D eigenvalue weighted by molar-refractivity contribution is 5.70. The van der Waals surface area contributed by atoms with Crippen LogP contribution in [-0.4, -0.2) is 23.2 Å². The van der Waals surface area contributed by atoms with Crippen LogP contribution in [0.2, 0.25) is 0 Å². The lowest BCUT2D eigenvalue weighted by atomic mass is 9.78. The smallest absolute Gasteiger partial charge is 0.307 e. The second-order valence-electron chi connectivity index (χ2n) is 6.25. The molecule has 0 spiro atoms. The molecule has 1 rings (SSSR count). The Bertz CT molecular complexity index is 251. The van der Waals surface area contributed by atoms with E-state index in [1.165, 1.54) is 19.3 Å². The van der Waals surface area contributed by atoms with E-state index in [4.69, 9.17) is 4.74 Å². The molecule has 3 heteroatoms. The highest BCUT2D eigenvalue weighted by Crippen LogP contribution is 2.31. The van der Waals surface area contributed by atoms with Crippen LogP contribution >= 0.6 is 0 Å². The van der Waals surface area contributed by atoms with Crippen LogP contribution < -0.4 is 5.32 Å². The number of esters is 1. The molecule has 94 valence electrons. The van der Waals surface area contributed by atoms with E-state index in [0.717, 1.165) is 0 Å². The molecule has 16 heavy (non-hydrogen) atoms. The topological polar surface area (TPSA) is 38.3 Å². The number of ether oxygens (including phenoxy) is 1. The standard InChI is InChI=1S/C13H25NO2/c1-10(14-13(5)7-6-8-13)9-11(15)16-12(2,3)4/h10,14H,6-9H2,1-5H3. The molecule has 0 heterocycles. The molecular formula is C13H25NO2. The van der Waals surface area contributed by atoms with Crippen molar-refractivity contribution in [3.8, 4) is 0 Å². The predicted octanol–water partition coefficient (Wildman–Crippen LogP) is 2.64. The summed E-state index contributed by atoms with van der Waals surface area (Å²) in [6, 6.07) is 0.195. The quantitative estimate of drug-likeness (QED) is 0.750. The van der Waals surface area contributed by atoms with Gasteiger partial charge in [0.15, 0.2) is 0 Å². The van der Waals surface area contributed by atoms with Crippen LogP contribution in [0.3, 0.4) is 0 Å². The Labute approximate surface area is 98.9 Å². The molecule has 0 aliphatic heterocycles. The van der Waals surface area contributed by atoms with Crippen LogP contribution in [0.1, 0.15) is 60.3 Å². The van der Waals surface area contributed by atoms with E-state index in [0.29, 0.717) is 6.42 Å². The number of rotatable bonds is 4. The van der Waals surface area contributed by atoms with Crippen molar-refractivity contribution in [2.24, 2.45) is 0 Å². The molecule has 0 aromatic rings. The molecule has 0 saturated heterocycles. The molecule has 0 radical (unpaired) electrons. The Hall–Kier alpha value is -0.570. The van der Waals surface area contributed by atoms with Gasteiger partial charge in [0.2, 0.25) is 0 Å². The molecule has 1 aliphatic carbocycles. The number of carbonyl (C=O) groups excluding carboxylic acids is 1. The van der Waals surface area contributed by atoms with Gasteiger partial charge in [0.1, 0.15) is 5.60 Å². The van der Waals surface area contributed by atoms with Gasteiger partial charge in [-0.05, 0) is 53.9 Å². The second-order valence-corrected chi connectivity index (χ2v) is 6.25. The van der Waals surface area contributed by atoms with E-state index in [2.05, 4.69) is 12.2 Å². The first kappa shape index (κ1) is 13.5. The van der Waals surface area contributed by atoms with Crippen LogP contribution in [0.15, 0.2) is 0 Å². The zero-order chi connectivity index (χ0) is 12.4. The van der Waals surface area contributed by atoms with Gasteiger partial charge in [0, 0.05) is 11.6 Å². The third-order valence-corrected chi connectivity index (χ3v) is 2.94. The molecule has 1 atom stereocenters. The van der Waals surface area contributed by atoms with Gasteiger partial charge >= 0.3 is 5.97 Å². The largest absolute Gasteiger partial charge is 0.460 e. The number of hydrogen-bond donors (Lipinski definition) is 1. The third kappa shape index (κ3) is 4.52. The summed E-state index contributed by atoms with van der Waals surface area (Å²) in [6.07, 6.45) is 4.17. The highest BCUT2D eigenvalue weighted by Gasteiger charge is 2.33. The Morgan fingerprint density at radius 1 is 1.44 bits per heavy atom. The highest BCUT2D eigenvalue weighted by atomic mass is 16.6. The lowest BCUT2D eigenvalue weighted by Gasteiger charge is -2.41. The first-order valence-electron chi connectivity index (χ1n) is 6.20. The van der Waals surface area contributed by atoms with Gasteiger partial charge in [-0.3, -0.25) is 4.79 Å².